The highest BCUT2D eigenvalue weighted by Crippen LogP contribution is 2.30. The molecule has 0 radical (unpaired) electrons. The van der Waals surface area contributed by atoms with Gasteiger partial charge in [0.2, 0.25) is 0 Å². The lowest BCUT2D eigenvalue weighted by Crippen LogP contribution is -2.58. The van der Waals surface area contributed by atoms with Crippen LogP contribution < -0.4 is 5.32 Å². The van der Waals surface area contributed by atoms with Crippen LogP contribution in [-0.2, 0) is 4.74 Å². The van der Waals surface area contributed by atoms with Crippen molar-refractivity contribution in [3.63, 3.8) is 0 Å². The second-order valence-electron chi connectivity index (χ2n) is 7.72. The molecule has 3 heterocycles. The summed E-state index contributed by atoms with van der Waals surface area (Å²) in [6.07, 6.45) is 5.95. The summed E-state index contributed by atoms with van der Waals surface area (Å²) in [6.45, 7) is 6.82. The van der Waals surface area contributed by atoms with E-state index in [1.807, 2.05) is 0 Å². The first kappa shape index (κ1) is 18.0. The van der Waals surface area contributed by atoms with Crippen molar-refractivity contribution in [1.29, 1.82) is 0 Å². The van der Waals surface area contributed by atoms with Gasteiger partial charge in [-0.1, -0.05) is 0 Å². The highest BCUT2D eigenvalue weighted by atomic mass is 16.5. The zero-order chi connectivity index (χ0) is 16.9. The maximum absolute atomic E-state index is 12.8. The van der Waals surface area contributed by atoms with Crippen LogP contribution in [0.5, 0.6) is 0 Å². The van der Waals surface area contributed by atoms with Crippen molar-refractivity contribution in [2.24, 2.45) is 5.92 Å². The van der Waals surface area contributed by atoms with Gasteiger partial charge >= 0.3 is 6.03 Å². The number of ether oxygens (including phenoxy) is 1. The normalized spacial score (nSPS) is 31.9. The molecule has 6 heteroatoms. The van der Waals surface area contributed by atoms with E-state index in [4.69, 9.17) is 4.74 Å². The van der Waals surface area contributed by atoms with E-state index in [1.54, 1.807) is 7.11 Å². The average molecular weight is 338 g/mol. The lowest BCUT2D eigenvalue weighted by molar-refractivity contribution is 0.0526. The molecular weight excluding hydrogens is 304 g/mol. The Morgan fingerprint density at radius 1 is 1.17 bits per heavy atom. The quantitative estimate of drug-likeness (QED) is 0.819. The fourth-order valence-corrected chi connectivity index (χ4v) is 4.77. The van der Waals surface area contributed by atoms with Gasteiger partial charge in [-0.2, -0.15) is 0 Å². The molecule has 3 aliphatic heterocycles. The molecule has 3 rings (SSSR count). The van der Waals surface area contributed by atoms with Gasteiger partial charge in [0.15, 0.2) is 0 Å². The molecule has 138 valence electrons. The largest absolute Gasteiger partial charge is 0.383 e. The van der Waals surface area contributed by atoms with Gasteiger partial charge in [-0.3, -0.25) is 4.90 Å². The number of carbonyl (C=O) groups is 1. The van der Waals surface area contributed by atoms with Crippen molar-refractivity contribution in [2.45, 2.75) is 44.2 Å². The summed E-state index contributed by atoms with van der Waals surface area (Å²) in [5, 5.41) is 3.24. The molecule has 3 fully saturated rings. The van der Waals surface area contributed by atoms with Crippen molar-refractivity contribution in [2.75, 3.05) is 60.0 Å². The van der Waals surface area contributed by atoms with Gasteiger partial charge in [0.05, 0.1) is 6.61 Å². The van der Waals surface area contributed by atoms with E-state index >= 15 is 0 Å². The highest BCUT2D eigenvalue weighted by Gasteiger charge is 2.37. The number of piperidine rings is 2. The van der Waals surface area contributed by atoms with Crippen LogP contribution in [0.1, 0.15) is 32.1 Å². The molecule has 1 N–H and O–H groups in total. The zero-order valence-electron chi connectivity index (χ0n) is 15.4. The Balaban J connectivity index is 1.49. The van der Waals surface area contributed by atoms with Crippen LogP contribution >= 0.6 is 0 Å². The van der Waals surface area contributed by atoms with Crippen LogP contribution in [0.2, 0.25) is 0 Å². The van der Waals surface area contributed by atoms with Crippen molar-refractivity contribution >= 4 is 6.03 Å². The van der Waals surface area contributed by atoms with Gasteiger partial charge in [-0.25, -0.2) is 4.79 Å². The maximum atomic E-state index is 12.8. The minimum absolute atomic E-state index is 0.160. The first-order valence-corrected chi connectivity index (χ1v) is 9.65. The minimum atomic E-state index is 0.160. The third kappa shape index (κ3) is 4.21. The summed E-state index contributed by atoms with van der Waals surface area (Å²) in [7, 11) is 3.95. The number of rotatable bonds is 5. The number of nitrogens with one attached hydrogen (secondary N) is 1. The number of hydrogen-bond donors (Lipinski definition) is 1. The summed E-state index contributed by atoms with van der Waals surface area (Å²) in [5.74, 6) is 0.660. The second kappa shape index (κ2) is 8.50. The van der Waals surface area contributed by atoms with E-state index < -0.39 is 0 Å². The second-order valence-corrected chi connectivity index (χ2v) is 7.72. The molecule has 0 aromatic heterocycles. The van der Waals surface area contributed by atoms with Crippen molar-refractivity contribution in [1.82, 2.24) is 20.0 Å². The molecule has 24 heavy (non-hydrogen) atoms. The molecule has 3 aliphatic rings. The van der Waals surface area contributed by atoms with Crippen molar-refractivity contribution in [3.05, 3.63) is 0 Å². The van der Waals surface area contributed by atoms with Gasteiger partial charge in [-0.15, -0.1) is 0 Å². The molecule has 3 unspecified atom stereocenters. The molecule has 3 atom stereocenters. The first-order chi connectivity index (χ1) is 11.7. The van der Waals surface area contributed by atoms with Gasteiger partial charge in [0.25, 0.3) is 0 Å². The SMILES string of the molecule is COCCN1CCCC1CNC(=O)N1CCCC2CN(C)CCC21. The van der Waals surface area contributed by atoms with Crippen LogP contribution in [0, 0.1) is 5.92 Å². The number of hydrogen-bond acceptors (Lipinski definition) is 4. The summed E-state index contributed by atoms with van der Waals surface area (Å²) >= 11 is 0. The van der Waals surface area contributed by atoms with Crippen LogP contribution in [0.4, 0.5) is 4.79 Å². The van der Waals surface area contributed by atoms with E-state index in [-0.39, 0.29) is 6.03 Å². The molecule has 0 aromatic rings. The van der Waals surface area contributed by atoms with E-state index in [2.05, 4.69) is 27.1 Å². The molecule has 2 amide bonds. The number of methoxy groups -OCH3 is 1. The Morgan fingerprint density at radius 2 is 2.00 bits per heavy atom. The van der Waals surface area contributed by atoms with Crippen LogP contribution in [-0.4, -0.2) is 92.8 Å². The fourth-order valence-electron chi connectivity index (χ4n) is 4.77. The van der Waals surface area contributed by atoms with Gasteiger partial charge in [0.1, 0.15) is 0 Å². The van der Waals surface area contributed by atoms with Gasteiger partial charge in [-0.05, 0) is 58.2 Å². The number of nitrogens with zero attached hydrogens (tertiary/aromatic N) is 3. The smallest absolute Gasteiger partial charge is 0.317 e. The number of amides is 2. The summed E-state index contributed by atoms with van der Waals surface area (Å²) in [5.41, 5.74) is 0. The van der Waals surface area contributed by atoms with Gasteiger partial charge < -0.3 is 19.9 Å². The Bertz CT molecular complexity index is 420. The molecule has 0 saturated carbocycles. The van der Waals surface area contributed by atoms with Crippen LogP contribution in [0.25, 0.3) is 0 Å². The minimum Gasteiger partial charge on any atom is -0.383 e. The Labute approximate surface area is 146 Å². The number of likely N-dealkylation sites (tertiary alicyclic amines) is 3. The number of carbonyl (C=O) groups excluding carboxylic acids is 1. The van der Waals surface area contributed by atoms with Crippen LogP contribution in [0.3, 0.4) is 0 Å². The average Bonchev–Trinajstić information content (AvgIpc) is 3.04. The molecular formula is C18H34N4O2. The third-order valence-corrected chi connectivity index (χ3v) is 6.10. The predicted molar refractivity (Wildman–Crippen MR) is 95.2 cm³/mol. The highest BCUT2D eigenvalue weighted by molar-refractivity contribution is 5.74. The van der Waals surface area contributed by atoms with Crippen molar-refractivity contribution in [3.8, 4) is 0 Å². The number of urea groups is 1. The summed E-state index contributed by atoms with van der Waals surface area (Å²) < 4.78 is 5.20. The maximum Gasteiger partial charge on any atom is 0.317 e. The van der Waals surface area contributed by atoms with Gasteiger partial charge in [0, 0.05) is 45.4 Å². The molecule has 0 bridgehead atoms. The Morgan fingerprint density at radius 3 is 2.83 bits per heavy atom. The standard InChI is InChI=1S/C18H34N4O2/c1-20-10-7-17-15(14-20)5-3-9-22(17)18(23)19-13-16-6-4-8-21(16)11-12-24-2/h15-17H,3-14H2,1-2H3,(H,19,23). The van der Waals surface area contributed by atoms with E-state index in [0.29, 0.717) is 18.0 Å². The zero-order valence-corrected chi connectivity index (χ0v) is 15.4. The Kier molecular flexibility index (Phi) is 6.36. The predicted octanol–water partition coefficient (Wildman–Crippen LogP) is 1.22. The monoisotopic (exact) mass is 338 g/mol. The van der Waals surface area contributed by atoms with E-state index in [1.165, 1.54) is 19.3 Å². The van der Waals surface area contributed by atoms with E-state index in [0.717, 1.165) is 58.7 Å². The lowest BCUT2D eigenvalue weighted by Gasteiger charge is -2.46. The summed E-state index contributed by atoms with van der Waals surface area (Å²) in [6, 6.07) is 1.08. The molecule has 6 nitrogen and oxygen atoms in total. The topological polar surface area (TPSA) is 48.1 Å². The summed E-state index contributed by atoms with van der Waals surface area (Å²) in [4.78, 5) is 19.8. The van der Waals surface area contributed by atoms with Crippen LogP contribution in [0.15, 0.2) is 0 Å². The van der Waals surface area contributed by atoms with E-state index in [9.17, 15) is 4.79 Å². The fraction of sp³-hybridized carbons (Fsp3) is 0.944. The molecule has 0 spiro atoms. The first-order valence-electron chi connectivity index (χ1n) is 9.65. The molecule has 3 saturated heterocycles. The number of fused-ring (bicyclic) bond motifs is 1. The Hall–Kier alpha value is -0.850. The molecule has 0 aliphatic carbocycles. The lowest BCUT2D eigenvalue weighted by atomic mass is 9.84. The molecule has 0 aromatic carbocycles. The third-order valence-electron chi connectivity index (χ3n) is 6.10. The van der Waals surface area contributed by atoms with Crippen molar-refractivity contribution < 1.29 is 9.53 Å².